The van der Waals surface area contributed by atoms with E-state index in [1.807, 2.05) is 0 Å². The summed E-state index contributed by atoms with van der Waals surface area (Å²) < 4.78 is 5.24. The number of fused-ring (bicyclic) bond motifs is 1. The number of nitrogens with zero attached hydrogens (tertiary/aromatic N) is 1. The fraction of sp³-hybridized carbons (Fsp3) is 0. The average Bonchev–Trinajstić information content (AvgIpc) is 2.81. The molecule has 0 atom stereocenters. The number of nitro groups is 1. The van der Waals surface area contributed by atoms with E-state index in [-0.39, 0.29) is 38.9 Å². The van der Waals surface area contributed by atoms with Gasteiger partial charge in [0.15, 0.2) is 0 Å². The molecule has 32 heavy (non-hydrogen) atoms. The summed E-state index contributed by atoms with van der Waals surface area (Å²) in [5.74, 6) is -1.44. The van der Waals surface area contributed by atoms with Crippen LogP contribution in [-0.4, -0.2) is 22.5 Å². The molecular weight excluding hydrogens is 436 g/mol. The lowest BCUT2D eigenvalue weighted by atomic mass is 9.92. The number of nitrogens with one attached hydrogen (secondary N) is 1. The van der Waals surface area contributed by atoms with Crippen molar-refractivity contribution in [3.05, 3.63) is 110 Å². The van der Waals surface area contributed by atoms with Crippen molar-refractivity contribution in [3.63, 3.8) is 0 Å². The number of carbonyl (C=O) groups excluding carboxylic acids is 3. The molecule has 0 amide bonds. The number of anilines is 1. The summed E-state index contributed by atoms with van der Waals surface area (Å²) >= 11 is 6.14. The summed E-state index contributed by atoms with van der Waals surface area (Å²) in [5.41, 5.74) is 0.703. The Hall–Kier alpha value is -4.30. The molecule has 0 bridgehead atoms. The van der Waals surface area contributed by atoms with Crippen molar-refractivity contribution >= 4 is 40.5 Å². The number of halogens is 1. The number of allylic oxidation sites excluding steroid dienone is 2. The van der Waals surface area contributed by atoms with E-state index in [0.717, 1.165) is 6.07 Å². The molecule has 0 saturated carbocycles. The van der Waals surface area contributed by atoms with Gasteiger partial charge in [0.25, 0.3) is 5.69 Å². The number of benzene rings is 3. The standard InChI is InChI=1S/C23H13ClN2O6/c24-19-20(22(28)18-7-2-1-6-17(18)21(19)27)25-14-8-10-16(11-9-14)32-23(29)13-4-3-5-15(12-13)26(30)31/h1-12,25H. The van der Waals surface area contributed by atoms with Gasteiger partial charge in [-0.3, -0.25) is 19.7 Å². The minimum Gasteiger partial charge on any atom is -0.423 e. The number of hydrogen-bond acceptors (Lipinski definition) is 7. The van der Waals surface area contributed by atoms with Crippen LogP contribution in [0.5, 0.6) is 5.75 Å². The van der Waals surface area contributed by atoms with Gasteiger partial charge in [-0.15, -0.1) is 0 Å². The normalized spacial score (nSPS) is 12.9. The van der Waals surface area contributed by atoms with Gasteiger partial charge in [0.2, 0.25) is 11.6 Å². The van der Waals surface area contributed by atoms with Crippen LogP contribution in [0.25, 0.3) is 0 Å². The molecule has 158 valence electrons. The number of nitro benzene ring substituents is 1. The van der Waals surface area contributed by atoms with E-state index >= 15 is 0 Å². The molecule has 9 heteroatoms. The molecule has 3 aromatic rings. The van der Waals surface area contributed by atoms with Crippen LogP contribution in [0.1, 0.15) is 31.1 Å². The Balaban J connectivity index is 1.50. The summed E-state index contributed by atoms with van der Waals surface area (Å²) in [5, 5.41) is 13.5. The zero-order valence-corrected chi connectivity index (χ0v) is 17.0. The molecule has 0 aliphatic heterocycles. The van der Waals surface area contributed by atoms with Gasteiger partial charge >= 0.3 is 5.97 Å². The summed E-state index contributed by atoms with van der Waals surface area (Å²) in [6, 6.07) is 17.6. The van der Waals surface area contributed by atoms with Crippen molar-refractivity contribution in [1.82, 2.24) is 0 Å². The number of rotatable bonds is 5. The van der Waals surface area contributed by atoms with Crippen LogP contribution in [0, 0.1) is 10.1 Å². The average molecular weight is 449 g/mol. The molecule has 0 fully saturated rings. The summed E-state index contributed by atoms with van der Waals surface area (Å²) in [4.78, 5) is 47.7. The minimum atomic E-state index is -0.759. The monoisotopic (exact) mass is 448 g/mol. The fourth-order valence-electron chi connectivity index (χ4n) is 3.12. The van der Waals surface area contributed by atoms with E-state index < -0.39 is 22.5 Å². The van der Waals surface area contributed by atoms with E-state index in [1.54, 1.807) is 24.3 Å². The Bertz CT molecular complexity index is 1310. The third kappa shape index (κ3) is 3.99. The number of esters is 1. The second kappa shape index (κ2) is 8.44. The van der Waals surface area contributed by atoms with Gasteiger partial charge in [-0.2, -0.15) is 0 Å². The van der Waals surface area contributed by atoms with E-state index in [9.17, 15) is 24.5 Å². The highest BCUT2D eigenvalue weighted by Crippen LogP contribution is 2.30. The maximum atomic E-state index is 12.7. The highest BCUT2D eigenvalue weighted by molar-refractivity contribution is 6.50. The molecule has 4 rings (SSSR count). The van der Waals surface area contributed by atoms with Crippen LogP contribution in [0.3, 0.4) is 0 Å². The van der Waals surface area contributed by atoms with Crippen LogP contribution in [0.15, 0.2) is 83.5 Å². The Morgan fingerprint density at radius 1 is 0.906 bits per heavy atom. The molecule has 0 heterocycles. The Kier molecular flexibility index (Phi) is 5.53. The van der Waals surface area contributed by atoms with Crippen LogP contribution >= 0.6 is 11.6 Å². The first-order valence-corrected chi connectivity index (χ1v) is 9.65. The zero-order chi connectivity index (χ0) is 22.8. The second-order valence-corrected chi connectivity index (χ2v) is 7.12. The lowest BCUT2D eigenvalue weighted by molar-refractivity contribution is -0.384. The fourth-order valence-corrected chi connectivity index (χ4v) is 3.35. The van der Waals surface area contributed by atoms with E-state index in [1.165, 1.54) is 42.5 Å². The predicted molar refractivity (Wildman–Crippen MR) is 116 cm³/mol. The van der Waals surface area contributed by atoms with Crippen LogP contribution < -0.4 is 10.1 Å². The number of Topliss-reactive ketones (excluding diaryl/α,β-unsaturated/α-hetero) is 2. The maximum absolute atomic E-state index is 12.7. The Morgan fingerprint density at radius 2 is 1.56 bits per heavy atom. The van der Waals surface area contributed by atoms with Gasteiger partial charge in [-0.05, 0) is 30.3 Å². The molecule has 3 aromatic carbocycles. The zero-order valence-electron chi connectivity index (χ0n) is 16.2. The molecule has 0 spiro atoms. The van der Waals surface area contributed by atoms with E-state index in [2.05, 4.69) is 5.32 Å². The highest BCUT2D eigenvalue weighted by Gasteiger charge is 2.31. The van der Waals surface area contributed by atoms with Crippen molar-refractivity contribution < 1.29 is 24.0 Å². The quantitative estimate of drug-likeness (QED) is 0.259. The van der Waals surface area contributed by atoms with Crippen LogP contribution in [-0.2, 0) is 0 Å². The summed E-state index contributed by atoms with van der Waals surface area (Å²) in [6.07, 6.45) is 0. The molecule has 0 aromatic heterocycles. The second-order valence-electron chi connectivity index (χ2n) is 6.74. The Labute approximate surface area is 186 Å². The summed E-state index contributed by atoms with van der Waals surface area (Å²) in [7, 11) is 0. The summed E-state index contributed by atoms with van der Waals surface area (Å²) in [6.45, 7) is 0. The molecule has 0 saturated heterocycles. The number of ether oxygens (including phenoxy) is 1. The van der Waals surface area contributed by atoms with Gasteiger partial charge in [-0.1, -0.05) is 41.9 Å². The third-order valence-electron chi connectivity index (χ3n) is 4.69. The maximum Gasteiger partial charge on any atom is 0.343 e. The smallest absolute Gasteiger partial charge is 0.343 e. The minimum absolute atomic E-state index is 0.0309. The van der Waals surface area contributed by atoms with Gasteiger partial charge in [0.05, 0.1) is 10.5 Å². The third-order valence-corrected chi connectivity index (χ3v) is 5.05. The number of carbonyl (C=O) groups is 3. The molecule has 1 N–H and O–H groups in total. The van der Waals surface area contributed by atoms with Crippen molar-refractivity contribution in [1.29, 1.82) is 0 Å². The van der Waals surface area contributed by atoms with Gasteiger partial charge in [0.1, 0.15) is 16.5 Å². The molecule has 1 aliphatic rings. The van der Waals surface area contributed by atoms with Crippen LogP contribution in [0.2, 0.25) is 0 Å². The molecule has 1 aliphatic carbocycles. The molecule has 0 unspecified atom stereocenters. The first kappa shape index (κ1) is 21.0. The van der Waals surface area contributed by atoms with E-state index in [0.29, 0.717) is 5.69 Å². The SMILES string of the molecule is O=C(Oc1ccc(NC2=C(Cl)C(=O)c3ccccc3C2=O)cc1)c1cccc([N+](=O)[O-])c1. The first-order valence-electron chi connectivity index (χ1n) is 9.27. The van der Waals surface area contributed by atoms with Crippen LogP contribution in [0.4, 0.5) is 11.4 Å². The lowest BCUT2D eigenvalue weighted by Gasteiger charge is -2.19. The van der Waals surface area contributed by atoms with E-state index in [4.69, 9.17) is 16.3 Å². The number of ketones is 2. The highest BCUT2D eigenvalue weighted by atomic mass is 35.5. The Morgan fingerprint density at radius 3 is 2.22 bits per heavy atom. The number of hydrogen-bond donors (Lipinski definition) is 1. The van der Waals surface area contributed by atoms with Gasteiger partial charge in [-0.25, -0.2) is 4.79 Å². The lowest BCUT2D eigenvalue weighted by Crippen LogP contribution is -2.24. The topological polar surface area (TPSA) is 116 Å². The van der Waals surface area contributed by atoms with Crippen molar-refractivity contribution in [2.24, 2.45) is 0 Å². The van der Waals surface area contributed by atoms with Crippen molar-refractivity contribution in [3.8, 4) is 5.75 Å². The largest absolute Gasteiger partial charge is 0.423 e. The first-order chi connectivity index (χ1) is 15.3. The molecule has 0 radical (unpaired) electrons. The molecular formula is C23H13ClN2O6. The van der Waals surface area contributed by atoms with Gasteiger partial charge in [0, 0.05) is 28.9 Å². The van der Waals surface area contributed by atoms with Crippen molar-refractivity contribution in [2.75, 3.05) is 5.32 Å². The van der Waals surface area contributed by atoms with Gasteiger partial charge < -0.3 is 10.1 Å². The van der Waals surface area contributed by atoms with Crippen molar-refractivity contribution in [2.45, 2.75) is 0 Å². The number of non-ortho nitro benzene ring substituents is 1. The predicted octanol–water partition coefficient (Wildman–Crippen LogP) is 4.76. The molecule has 8 nitrogen and oxygen atoms in total.